The van der Waals surface area contributed by atoms with Gasteiger partial charge in [-0.05, 0) is 30.3 Å². The number of nitrogens with zero attached hydrogens (tertiary/aromatic N) is 1. The van der Waals surface area contributed by atoms with Crippen molar-refractivity contribution < 1.29 is 13.2 Å². The van der Waals surface area contributed by atoms with Gasteiger partial charge in [-0.1, -0.05) is 6.07 Å². The van der Waals surface area contributed by atoms with Gasteiger partial charge in [0.25, 0.3) is 5.56 Å². The standard InChI is InChI=1S/C12H8F3NO/c13-12(14,15)9-4-6-10(7-5-9)16-8-2-1-3-11(16)17/h1-8H. The lowest BCUT2D eigenvalue weighted by Gasteiger charge is -2.08. The first-order valence-electron chi connectivity index (χ1n) is 4.84. The summed E-state index contributed by atoms with van der Waals surface area (Å²) in [6.45, 7) is 0. The lowest BCUT2D eigenvalue weighted by Crippen LogP contribution is -2.15. The SMILES string of the molecule is O=c1ccccn1-c1ccc(C(F)(F)F)cc1. The third kappa shape index (κ3) is 2.38. The first-order chi connectivity index (χ1) is 7.98. The molecular weight excluding hydrogens is 231 g/mol. The summed E-state index contributed by atoms with van der Waals surface area (Å²) >= 11 is 0. The molecular formula is C12H8F3NO. The fourth-order valence-electron chi connectivity index (χ4n) is 1.45. The van der Waals surface area contributed by atoms with E-state index in [1.807, 2.05) is 0 Å². The maximum Gasteiger partial charge on any atom is 0.416 e. The maximum atomic E-state index is 12.3. The minimum Gasteiger partial charge on any atom is -0.284 e. The van der Waals surface area contributed by atoms with Crippen molar-refractivity contribution in [3.63, 3.8) is 0 Å². The summed E-state index contributed by atoms with van der Waals surface area (Å²) in [6.07, 6.45) is -2.86. The molecule has 0 atom stereocenters. The van der Waals surface area contributed by atoms with Crippen LogP contribution in [0, 0.1) is 0 Å². The Labute approximate surface area is 94.9 Å². The Morgan fingerprint density at radius 1 is 0.941 bits per heavy atom. The molecule has 2 rings (SSSR count). The Morgan fingerprint density at radius 2 is 1.59 bits per heavy atom. The number of halogens is 3. The van der Waals surface area contributed by atoms with Crippen LogP contribution < -0.4 is 5.56 Å². The highest BCUT2D eigenvalue weighted by Crippen LogP contribution is 2.29. The number of pyridine rings is 1. The topological polar surface area (TPSA) is 22.0 Å². The molecule has 0 amide bonds. The van der Waals surface area contributed by atoms with E-state index in [-0.39, 0.29) is 5.56 Å². The van der Waals surface area contributed by atoms with Crippen molar-refractivity contribution in [3.8, 4) is 5.69 Å². The molecule has 5 heteroatoms. The molecule has 0 N–H and O–H groups in total. The van der Waals surface area contributed by atoms with Crippen molar-refractivity contribution in [2.75, 3.05) is 0 Å². The largest absolute Gasteiger partial charge is 0.416 e. The number of benzene rings is 1. The van der Waals surface area contributed by atoms with E-state index >= 15 is 0 Å². The zero-order valence-corrected chi connectivity index (χ0v) is 8.61. The minimum atomic E-state index is -4.36. The third-order valence-corrected chi connectivity index (χ3v) is 2.30. The number of aromatic nitrogens is 1. The van der Waals surface area contributed by atoms with Crippen LogP contribution in [0.4, 0.5) is 13.2 Å². The van der Waals surface area contributed by atoms with Crippen LogP contribution in [-0.2, 0) is 6.18 Å². The van der Waals surface area contributed by atoms with E-state index in [0.717, 1.165) is 12.1 Å². The molecule has 0 aliphatic heterocycles. The van der Waals surface area contributed by atoms with Gasteiger partial charge in [-0.15, -0.1) is 0 Å². The normalized spacial score (nSPS) is 11.5. The number of rotatable bonds is 1. The fraction of sp³-hybridized carbons (Fsp3) is 0.0833. The van der Waals surface area contributed by atoms with Gasteiger partial charge in [-0.2, -0.15) is 13.2 Å². The summed E-state index contributed by atoms with van der Waals surface area (Å²) < 4.78 is 38.3. The van der Waals surface area contributed by atoms with Crippen molar-refractivity contribution in [3.05, 3.63) is 64.6 Å². The summed E-state index contributed by atoms with van der Waals surface area (Å²) in [5.74, 6) is 0. The Bertz CT molecular complexity index is 569. The van der Waals surface area contributed by atoms with Gasteiger partial charge in [0.1, 0.15) is 0 Å². The number of hydrogen-bond donors (Lipinski definition) is 0. The molecule has 0 unspecified atom stereocenters. The zero-order chi connectivity index (χ0) is 12.5. The van der Waals surface area contributed by atoms with Gasteiger partial charge in [-0.3, -0.25) is 9.36 Å². The molecule has 0 saturated carbocycles. The van der Waals surface area contributed by atoms with E-state index in [9.17, 15) is 18.0 Å². The minimum absolute atomic E-state index is 0.285. The Kier molecular flexibility index (Phi) is 2.75. The predicted octanol–water partition coefficient (Wildman–Crippen LogP) is 2.86. The van der Waals surface area contributed by atoms with Crippen LogP contribution in [0.2, 0.25) is 0 Å². The van der Waals surface area contributed by atoms with Crippen LogP contribution in [-0.4, -0.2) is 4.57 Å². The van der Waals surface area contributed by atoms with E-state index in [0.29, 0.717) is 5.69 Å². The summed E-state index contributed by atoms with van der Waals surface area (Å²) in [5, 5.41) is 0. The highest BCUT2D eigenvalue weighted by molar-refractivity contribution is 5.35. The molecule has 0 bridgehead atoms. The first-order valence-corrected chi connectivity index (χ1v) is 4.84. The zero-order valence-electron chi connectivity index (χ0n) is 8.61. The highest BCUT2D eigenvalue weighted by Gasteiger charge is 2.29. The van der Waals surface area contributed by atoms with Crippen LogP contribution in [0.15, 0.2) is 53.5 Å². The molecule has 17 heavy (non-hydrogen) atoms. The van der Waals surface area contributed by atoms with Gasteiger partial charge in [0.05, 0.1) is 5.56 Å². The maximum absolute atomic E-state index is 12.3. The molecule has 1 aromatic carbocycles. The molecule has 0 aliphatic rings. The Balaban J connectivity index is 2.44. The van der Waals surface area contributed by atoms with E-state index in [2.05, 4.69) is 0 Å². The second-order valence-corrected chi connectivity index (χ2v) is 3.45. The molecule has 0 fully saturated rings. The van der Waals surface area contributed by atoms with Crippen LogP contribution in [0.5, 0.6) is 0 Å². The van der Waals surface area contributed by atoms with Gasteiger partial charge in [0.15, 0.2) is 0 Å². The molecule has 0 saturated heterocycles. The molecule has 0 radical (unpaired) electrons. The average Bonchev–Trinajstić information content (AvgIpc) is 2.29. The second-order valence-electron chi connectivity index (χ2n) is 3.45. The highest BCUT2D eigenvalue weighted by atomic mass is 19.4. The van der Waals surface area contributed by atoms with Crippen LogP contribution in [0.1, 0.15) is 5.56 Å². The van der Waals surface area contributed by atoms with E-state index in [1.165, 1.54) is 29.0 Å². The smallest absolute Gasteiger partial charge is 0.284 e. The van der Waals surface area contributed by atoms with Gasteiger partial charge in [-0.25, -0.2) is 0 Å². The third-order valence-electron chi connectivity index (χ3n) is 2.30. The number of hydrogen-bond acceptors (Lipinski definition) is 1. The van der Waals surface area contributed by atoms with Gasteiger partial charge in [0, 0.05) is 18.0 Å². The molecule has 2 aromatic rings. The van der Waals surface area contributed by atoms with E-state index < -0.39 is 11.7 Å². The second kappa shape index (κ2) is 4.08. The van der Waals surface area contributed by atoms with Crippen molar-refractivity contribution in [1.29, 1.82) is 0 Å². The molecule has 0 aliphatic carbocycles. The lowest BCUT2D eigenvalue weighted by atomic mass is 10.2. The summed E-state index contributed by atoms with van der Waals surface area (Å²) in [7, 11) is 0. The Morgan fingerprint density at radius 3 is 2.12 bits per heavy atom. The van der Waals surface area contributed by atoms with Crippen LogP contribution in [0.3, 0.4) is 0 Å². The van der Waals surface area contributed by atoms with Gasteiger partial charge in [0.2, 0.25) is 0 Å². The van der Waals surface area contributed by atoms with Crippen molar-refractivity contribution in [2.24, 2.45) is 0 Å². The van der Waals surface area contributed by atoms with Gasteiger partial charge >= 0.3 is 6.18 Å². The molecule has 88 valence electrons. The number of alkyl halides is 3. The van der Waals surface area contributed by atoms with Crippen LogP contribution >= 0.6 is 0 Å². The average molecular weight is 239 g/mol. The lowest BCUT2D eigenvalue weighted by molar-refractivity contribution is -0.137. The van der Waals surface area contributed by atoms with Crippen molar-refractivity contribution in [1.82, 2.24) is 4.57 Å². The molecule has 0 spiro atoms. The quantitative estimate of drug-likeness (QED) is 0.750. The molecule has 1 aromatic heterocycles. The molecule has 2 nitrogen and oxygen atoms in total. The van der Waals surface area contributed by atoms with Crippen molar-refractivity contribution >= 4 is 0 Å². The fourth-order valence-corrected chi connectivity index (χ4v) is 1.45. The Hall–Kier alpha value is -2.04. The summed E-state index contributed by atoms with van der Waals surface area (Å²) in [6, 6.07) is 9.00. The summed E-state index contributed by atoms with van der Waals surface area (Å²) in [4.78, 5) is 11.4. The summed E-state index contributed by atoms with van der Waals surface area (Å²) in [5.41, 5.74) is -0.610. The van der Waals surface area contributed by atoms with Crippen molar-refractivity contribution in [2.45, 2.75) is 6.18 Å². The van der Waals surface area contributed by atoms with E-state index in [4.69, 9.17) is 0 Å². The monoisotopic (exact) mass is 239 g/mol. The van der Waals surface area contributed by atoms with Crippen LogP contribution in [0.25, 0.3) is 5.69 Å². The predicted molar refractivity (Wildman–Crippen MR) is 57.0 cm³/mol. The van der Waals surface area contributed by atoms with Gasteiger partial charge < -0.3 is 0 Å². The molecule has 1 heterocycles. The first kappa shape index (κ1) is 11.4. The van der Waals surface area contributed by atoms with E-state index in [1.54, 1.807) is 12.1 Å².